The van der Waals surface area contributed by atoms with Crippen molar-refractivity contribution in [1.82, 2.24) is 14.1 Å². The SMILES string of the molecule is Cn1nc(COCc2ccccc2)c2c1CCN(S(=O)(=O)c1cccs1)C2. The minimum absolute atomic E-state index is 0.341. The highest BCUT2D eigenvalue weighted by Crippen LogP contribution is 2.29. The Morgan fingerprint density at radius 2 is 1.96 bits per heavy atom. The van der Waals surface area contributed by atoms with E-state index in [1.807, 2.05) is 42.1 Å². The number of hydrogen-bond donors (Lipinski definition) is 0. The molecule has 0 spiro atoms. The first-order valence-corrected chi connectivity index (χ1v) is 11.1. The molecule has 3 aromatic rings. The molecule has 0 amide bonds. The van der Waals surface area contributed by atoms with Crippen molar-refractivity contribution in [3.05, 3.63) is 70.4 Å². The van der Waals surface area contributed by atoms with Crippen LogP contribution in [-0.2, 0) is 48.0 Å². The van der Waals surface area contributed by atoms with E-state index >= 15 is 0 Å². The first-order chi connectivity index (χ1) is 13.1. The molecule has 0 radical (unpaired) electrons. The average Bonchev–Trinajstić information content (AvgIpc) is 3.32. The summed E-state index contributed by atoms with van der Waals surface area (Å²) in [5.74, 6) is 0. The number of rotatable bonds is 6. The zero-order chi connectivity index (χ0) is 18.9. The average molecular weight is 404 g/mol. The zero-order valence-electron chi connectivity index (χ0n) is 15.0. The number of aryl methyl sites for hydroxylation is 1. The first kappa shape index (κ1) is 18.4. The normalized spacial score (nSPS) is 15.0. The third-order valence-electron chi connectivity index (χ3n) is 4.73. The summed E-state index contributed by atoms with van der Waals surface area (Å²) in [6, 6.07) is 13.4. The van der Waals surface area contributed by atoms with E-state index in [1.54, 1.807) is 21.8 Å². The summed E-state index contributed by atoms with van der Waals surface area (Å²) in [5, 5.41) is 6.36. The molecule has 27 heavy (non-hydrogen) atoms. The van der Waals surface area contributed by atoms with Gasteiger partial charge in [0.15, 0.2) is 0 Å². The molecule has 6 nitrogen and oxygen atoms in total. The van der Waals surface area contributed by atoms with Crippen molar-refractivity contribution < 1.29 is 13.2 Å². The van der Waals surface area contributed by atoms with Crippen LogP contribution in [-0.4, -0.2) is 29.0 Å². The standard InChI is InChI=1S/C19H21N3O3S2/c1-21-18-9-10-22(27(23,24)19-8-5-11-26-19)12-16(18)17(20-21)14-25-13-15-6-3-2-4-7-15/h2-8,11H,9-10,12-14H2,1H3. The van der Waals surface area contributed by atoms with E-state index in [4.69, 9.17) is 4.74 Å². The Morgan fingerprint density at radius 3 is 2.70 bits per heavy atom. The maximum atomic E-state index is 12.9. The van der Waals surface area contributed by atoms with Gasteiger partial charge in [0, 0.05) is 37.8 Å². The lowest BCUT2D eigenvalue weighted by atomic mass is 10.1. The van der Waals surface area contributed by atoms with Gasteiger partial charge in [0.1, 0.15) is 4.21 Å². The predicted molar refractivity (Wildman–Crippen MR) is 104 cm³/mol. The maximum absolute atomic E-state index is 12.9. The van der Waals surface area contributed by atoms with E-state index in [9.17, 15) is 8.42 Å². The van der Waals surface area contributed by atoms with Crippen molar-refractivity contribution in [2.24, 2.45) is 7.05 Å². The fourth-order valence-electron chi connectivity index (χ4n) is 3.34. The van der Waals surface area contributed by atoms with Gasteiger partial charge in [-0.2, -0.15) is 9.40 Å². The van der Waals surface area contributed by atoms with Crippen LogP contribution in [0.15, 0.2) is 52.1 Å². The lowest BCUT2D eigenvalue weighted by Crippen LogP contribution is -2.36. The van der Waals surface area contributed by atoms with Crippen LogP contribution >= 0.6 is 11.3 Å². The minimum Gasteiger partial charge on any atom is -0.370 e. The van der Waals surface area contributed by atoms with E-state index in [0.717, 1.165) is 22.5 Å². The molecule has 0 N–H and O–H groups in total. The van der Waals surface area contributed by atoms with Crippen molar-refractivity contribution in [3.63, 3.8) is 0 Å². The van der Waals surface area contributed by atoms with Gasteiger partial charge in [-0.15, -0.1) is 11.3 Å². The summed E-state index contributed by atoms with van der Waals surface area (Å²) in [7, 11) is -1.55. The summed E-state index contributed by atoms with van der Waals surface area (Å²) in [6.45, 7) is 1.68. The van der Waals surface area contributed by atoms with Crippen LogP contribution in [0, 0.1) is 0 Å². The van der Waals surface area contributed by atoms with Crippen molar-refractivity contribution in [2.45, 2.75) is 30.4 Å². The molecule has 8 heteroatoms. The van der Waals surface area contributed by atoms with Gasteiger partial charge in [-0.3, -0.25) is 4.68 Å². The Hall–Kier alpha value is -2.00. The van der Waals surface area contributed by atoms with E-state index in [1.165, 1.54) is 11.3 Å². The van der Waals surface area contributed by atoms with E-state index in [-0.39, 0.29) is 0 Å². The van der Waals surface area contributed by atoms with Gasteiger partial charge in [0.2, 0.25) is 0 Å². The fraction of sp³-hybridized carbons (Fsp3) is 0.316. The smallest absolute Gasteiger partial charge is 0.252 e. The lowest BCUT2D eigenvalue weighted by Gasteiger charge is -2.26. The Kier molecular flexibility index (Phi) is 5.14. The Labute approximate surface area is 163 Å². The third-order valence-corrected chi connectivity index (χ3v) is 7.95. The summed E-state index contributed by atoms with van der Waals surface area (Å²) in [4.78, 5) is 0. The van der Waals surface area contributed by atoms with Crippen LogP contribution < -0.4 is 0 Å². The molecule has 2 aromatic heterocycles. The van der Waals surface area contributed by atoms with Gasteiger partial charge in [0.25, 0.3) is 10.0 Å². The number of benzene rings is 1. The number of ether oxygens (including phenoxy) is 1. The molecule has 142 valence electrons. The molecule has 0 aliphatic carbocycles. The van der Waals surface area contributed by atoms with Gasteiger partial charge in [-0.05, 0) is 17.0 Å². The summed E-state index contributed by atoms with van der Waals surface area (Å²) < 4.78 is 35.3. The zero-order valence-corrected chi connectivity index (χ0v) is 16.7. The highest BCUT2D eigenvalue weighted by Gasteiger charge is 2.32. The summed E-state index contributed by atoms with van der Waals surface area (Å²) >= 11 is 1.25. The molecular weight excluding hydrogens is 382 g/mol. The highest BCUT2D eigenvalue weighted by atomic mass is 32.2. The summed E-state index contributed by atoms with van der Waals surface area (Å²) in [5.41, 5.74) is 3.97. The van der Waals surface area contributed by atoms with Crippen LogP contribution in [0.25, 0.3) is 0 Å². The van der Waals surface area contributed by atoms with Crippen LogP contribution in [0.3, 0.4) is 0 Å². The third kappa shape index (κ3) is 3.70. The molecule has 1 aliphatic heterocycles. The second kappa shape index (κ2) is 7.55. The van der Waals surface area contributed by atoms with Crippen molar-refractivity contribution in [2.75, 3.05) is 6.54 Å². The predicted octanol–water partition coefficient (Wildman–Crippen LogP) is 2.95. The second-order valence-electron chi connectivity index (χ2n) is 6.49. The van der Waals surface area contributed by atoms with Gasteiger partial charge < -0.3 is 4.74 Å². The van der Waals surface area contributed by atoms with Gasteiger partial charge in [-0.1, -0.05) is 36.4 Å². The molecule has 1 aliphatic rings. The topological polar surface area (TPSA) is 64.4 Å². The quantitative estimate of drug-likeness (QED) is 0.635. The molecule has 4 rings (SSSR count). The Morgan fingerprint density at radius 1 is 1.15 bits per heavy atom. The van der Waals surface area contributed by atoms with Crippen LogP contribution in [0.1, 0.15) is 22.5 Å². The van der Waals surface area contributed by atoms with Crippen molar-refractivity contribution >= 4 is 21.4 Å². The fourth-order valence-corrected chi connectivity index (χ4v) is 5.90. The Balaban J connectivity index is 1.51. The van der Waals surface area contributed by atoms with Gasteiger partial charge in [-0.25, -0.2) is 8.42 Å². The molecule has 0 unspecified atom stereocenters. The molecule has 0 saturated heterocycles. The number of hydrogen-bond acceptors (Lipinski definition) is 5. The molecule has 0 saturated carbocycles. The molecule has 0 bridgehead atoms. The monoisotopic (exact) mass is 403 g/mol. The van der Waals surface area contributed by atoms with Crippen molar-refractivity contribution in [1.29, 1.82) is 0 Å². The largest absolute Gasteiger partial charge is 0.370 e. The maximum Gasteiger partial charge on any atom is 0.252 e. The van der Waals surface area contributed by atoms with E-state index in [2.05, 4.69) is 5.10 Å². The number of fused-ring (bicyclic) bond motifs is 1. The molecule has 1 aromatic carbocycles. The van der Waals surface area contributed by atoms with E-state index in [0.29, 0.717) is 36.9 Å². The first-order valence-electron chi connectivity index (χ1n) is 8.74. The van der Waals surface area contributed by atoms with Gasteiger partial charge in [0.05, 0.1) is 18.9 Å². The summed E-state index contributed by atoms with van der Waals surface area (Å²) in [6.07, 6.45) is 0.655. The number of aromatic nitrogens is 2. The number of sulfonamides is 1. The van der Waals surface area contributed by atoms with Crippen LogP contribution in [0.5, 0.6) is 0 Å². The molecule has 3 heterocycles. The lowest BCUT2D eigenvalue weighted by molar-refractivity contribution is 0.103. The molecule has 0 atom stereocenters. The molecule has 0 fully saturated rings. The number of nitrogens with zero attached hydrogens (tertiary/aromatic N) is 3. The van der Waals surface area contributed by atoms with Crippen LogP contribution in [0.4, 0.5) is 0 Å². The minimum atomic E-state index is -3.46. The van der Waals surface area contributed by atoms with Crippen molar-refractivity contribution in [3.8, 4) is 0 Å². The number of thiophene rings is 1. The second-order valence-corrected chi connectivity index (χ2v) is 9.61. The van der Waals surface area contributed by atoms with Gasteiger partial charge >= 0.3 is 0 Å². The highest BCUT2D eigenvalue weighted by molar-refractivity contribution is 7.91. The van der Waals surface area contributed by atoms with E-state index < -0.39 is 10.0 Å². The Bertz CT molecular complexity index is 1010. The molecular formula is C19H21N3O3S2. The van der Waals surface area contributed by atoms with Crippen LogP contribution in [0.2, 0.25) is 0 Å².